The maximum Gasteiger partial charge on any atom is 0.257 e. The van der Waals surface area contributed by atoms with Gasteiger partial charge < -0.3 is 10.7 Å². The molecule has 0 aliphatic heterocycles. The lowest BCUT2D eigenvalue weighted by molar-refractivity contribution is 0.452. The third-order valence-electron chi connectivity index (χ3n) is 3.03. The van der Waals surface area contributed by atoms with Crippen molar-refractivity contribution in [3.8, 4) is 0 Å². The number of rotatable bonds is 4. The van der Waals surface area contributed by atoms with Crippen LogP contribution in [0.1, 0.15) is 19.3 Å². The Labute approximate surface area is 107 Å². The molecule has 1 aromatic rings. The van der Waals surface area contributed by atoms with Gasteiger partial charge in [0.1, 0.15) is 0 Å². The first-order chi connectivity index (χ1) is 7.63. The normalized spacial score (nSPS) is 24.5. The summed E-state index contributed by atoms with van der Waals surface area (Å²) in [5.74, 6) is 0.248. The molecule has 1 aliphatic carbocycles. The number of nitrogens with zero attached hydrogens (tertiary/aromatic N) is 1. The second kappa shape index (κ2) is 5.81. The van der Waals surface area contributed by atoms with Gasteiger partial charge in [0.25, 0.3) is 10.0 Å². The third-order valence-corrected chi connectivity index (χ3v) is 4.45. The number of aromatic nitrogens is 2. The van der Waals surface area contributed by atoms with E-state index in [9.17, 15) is 8.42 Å². The molecule has 0 saturated heterocycles. The lowest BCUT2D eigenvalue weighted by Gasteiger charge is -2.18. The van der Waals surface area contributed by atoms with Gasteiger partial charge >= 0.3 is 0 Å². The van der Waals surface area contributed by atoms with Gasteiger partial charge in [-0.2, -0.15) is 0 Å². The molecular formula is C9H17ClN4O2S. The van der Waals surface area contributed by atoms with Gasteiger partial charge in [0, 0.05) is 6.04 Å². The summed E-state index contributed by atoms with van der Waals surface area (Å²) in [6.07, 6.45) is 5.53. The Balaban J connectivity index is 0.00000144. The number of hydrogen-bond donors (Lipinski definition) is 3. The molecule has 1 heterocycles. The molecule has 2 unspecified atom stereocenters. The van der Waals surface area contributed by atoms with Gasteiger partial charge in [0.2, 0.25) is 0 Å². The molecule has 2 rings (SSSR count). The van der Waals surface area contributed by atoms with Crippen molar-refractivity contribution in [3.63, 3.8) is 0 Å². The molecule has 0 amide bonds. The van der Waals surface area contributed by atoms with E-state index in [2.05, 4.69) is 14.7 Å². The topological polar surface area (TPSA) is 101 Å². The zero-order chi connectivity index (χ0) is 11.6. The van der Waals surface area contributed by atoms with E-state index in [-0.39, 0.29) is 29.4 Å². The Bertz CT molecular complexity index is 434. The highest BCUT2D eigenvalue weighted by molar-refractivity contribution is 7.89. The standard InChI is InChI=1S/C9H16N4O2S.ClH/c10-4-7-2-1-3-8(7)13-16(14,15)9-5-11-6-12-9;/h5-8,13H,1-4,10H2,(H,11,12);1H. The molecule has 4 N–H and O–H groups in total. The fourth-order valence-corrected chi connectivity index (χ4v) is 3.37. The molecule has 0 spiro atoms. The first-order valence-electron chi connectivity index (χ1n) is 5.34. The fraction of sp³-hybridized carbons (Fsp3) is 0.667. The predicted octanol–water partition coefficient (Wildman–Crippen LogP) is 0.237. The largest absolute Gasteiger partial charge is 0.335 e. The molecular weight excluding hydrogens is 264 g/mol. The first kappa shape index (κ1) is 14.4. The van der Waals surface area contributed by atoms with E-state index in [0.717, 1.165) is 19.3 Å². The fourth-order valence-electron chi connectivity index (χ4n) is 2.13. The molecule has 1 fully saturated rings. The highest BCUT2D eigenvalue weighted by atomic mass is 35.5. The lowest BCUT2D eigenvalue weighted by Crippen LogP contribution is -2.39. The van der Waals surface area contributed by atoms with Crippen molar-refractivity contribution < 1.29 is 8.42 Å². The van der Waals surface area contributed by atoms with Gasteiger partial charge in [-0.3, -0.25) is 0 Å². The second-order valence-electron chi connectivity index (χ2n) is 4.07. The van der Waals surface area contributed by atoms with Crippen LogP contribution in [0.4, 0.5) is 0 Å². The molecule has 2 atom stereocenters. The summed E-state index contributed by atoms with van der Waals surface area (Å²) >= 11 is 0. The van der Waals surface area contributed by atoms with Crippen LogP contribution in [0.3, 0.4) is 0 Å². The quantitative estimate of drug-likeness (QED) is 0.735. The number of H-pyrrole nitrogens is 1. The molecule has 1 saturated carbocycles. The molecule has 0 radical (unpaired) electrons. The average Bonchev–Trinajstić information content (AvgIpc) is 2.86. The van der Waals surface area contributed by atoms with Gasteiger partial charge in [-0.15, -0.1) is 12.4 Å². The zero-order valence-electron chi connectivity index (χ0n) is 9.30. The number of halogens is 1. The Morgan fingerprint density at radius 1 is 1.53 bits per heavy atom. The van der Waals surface area contributed by atoms with E-state index >= 15 is 0 Å². The Morgan fingerprint density at radius 3 is 2.88 bits per heavy atom. The number of hydrogen-bond acceptors (Lipinski definition) is 4. The first-order valence-corrected chi connectivity index (χ1v) is 6.82. The molecule has 8 heteroatoms. The maximum atomic E-state index is 11.9. The van der Waals surface area contributed by atoms with Crippen molar-refractivity contribution in [2.24, 2.45) is 11.7 Å². The Kier molecular flexibility index (Phi) is 4.93. The van der Waals surface area contributed by atoms with Crippen molar-refractivity contribution >= 4 is 22.4 Å². The molecule has 17 heavy (non-hydrogen) atoms. The monoisotopic (exact) mass is 280 g/mol. The van der Waals surface area contributed by atoms with Crippen molar-refractivity contribution in [3.05, 3.63) is 12.5 Å². The number of sulfonamides is 1. The predicted molar refractivity (Wildman–Crippen MR) is 66.3 cm³/mol. The van der Waals surface area contributed by atoms with Crippen LogP contribution < -0.4 is 10.5 Å². The van der Waals surface area contributed by atoms with Crippen molar-refractivity contribution in [1.82, 2.24) is 14.7 Å². The second-order valence-corrected chi connectivity index (χ2v) is 5.75. The van der Waals surface area contributed by atoms with Crippen LogP contribution in [0.15, 0.2) is 17.6 Å². The van der Waals surface area contributed by atoms with E-state index in [4.69, 9.17) is 5.73 Å². The summed E-state index contributed by atoms with van der Waals surface area (Å²) < 4.78 is 26.5. The van der Waals surface area contributed by atoms with E-state index in [1.54, 1.807) is 0 Å². The minimum atomic E-state index is -3.47. The SMILES string of the molecule is Cl.NCC1CCCC1NS(=O)(=O)c1cnc[nH]1. The smallest absolute Gasteiger partial charge is 0.257 e. The molecule has 0 bridgehead atoms. The van der Waals surface area contributed by atoms with Crippen LogP contribution in [0.25, 0.3) is 0 Å². The number of aromatic amines is 1. The summed E-state index contributed by atoms with van der Waals surface area (Å²) in [5, 5.41) is 0.107. The minimum absolute atomic E-state index is 0. The van der Waals surface area contributed by atoms with Crippen LogP contribution in [-0.2, 0) is 10.0 Å². The van der Waals surface area contributed by atoms with Crippen molar-refractivity contribution in [1.29, 1.82) is 0 Å². The Morgan fingerprint density at radius 2 is 2.29 bits per heavy atom. The highest BCUT2D eigenvalue weighted by Gasteiger charge is 2.30. The van der Waals surface area contributed by atoms with Gasteiger partial charge in [-0.1, -0.05) is 6.42 Å². The van der Waals surface area contributed by atoms with Gasteiger partial charge in [0.15, 0.2) is 5.03 Å². The molecule has 1 aliphatic rings. The summed E-state index contributed by atoms with van der Waals surface area (Å²) in [7, 11) is -3.47. The summed E-state index contributed by atoms with van der Waals surface area (Å²) in [6.45, 7) is 0.524. The number of nitrogens with one attached hydrogen (secondary N) is 2. The van der Waals surface area contributed by atoms with Gasteiger partial charge in [-0.25, -0.2) is 18.1 Å². The zero-order valence-corrected chi connectivity index (χ0v) is 10.9. The van der Waals surface area contributed by atoms with Crippen molar-refractivity contribution in [2.45, 2.75) is 30.3 Å². The molecule has 6 nitrogen and oxygen atoms in total. The molecule has 98 valence electrons. The summed E-state index contributed by atoms with van der Waals surface area (Å²) in [5.41, 5.74) is 5.61. The molecule has 1 aromatic heterocycles. The van der Waals surface area contributed by atoms with Gasteiger partial charge in [0.05, 0.1) is 12.5 Å². The lowest BCUT2D eigenvalue weighted by atomic mass is 10.1. The molecule has 0 aromatic carbocycles. The highest BCUT2D eigenvalue weighted by Crippen LogP contribution is 2.25. The number of imidazole rings is 1. The van der Waals surface area contributed by atoms with E-state index in [0.29, 0.717) is 6.54 Å². The van der Waals surface area contributed by atoms with Crippen LogP contribution in [-0.4, -0.2) is 31.0 Å². The van der Waals surface area contributed by atoms with Crippen LogP contribution in [0.2, 0.25) is 0 Å². The van der Waals surface area contributed by atoms with Crippen LogP contribution >= 0.6 is 12.4 Å². The van der Waals surface area contributed by atoms with E-state index < -0.39 is 10.0 Å². The third kappa shape index (κ3) is 3.19. The van der Waals surface area contributed by atoms with E-state index in [1.165, 1.54) is 12.5 Å². The number of nitrogens with two attached hydrogens (primary N) is 1. The average molecular weight is 281 g/mol. The van der Waals surface area contributed by atoms with Crippen LogP contribution in [0, 0.1) is 5.92 Å². The van der Waals surface area contributed by atoms with E-state index in [1.807, 2.05) is 0 Å². The van der Waals surface area contributed by atoms with Gasteiger partial charge in [-0.05, 0) is 25.3 Å². The maximum absolute atomic E-state index is 11.9. The van der Waals surface area contributed by atoms with Crippen molar-refractivity contribution in [2.75, 3.05) is 6.54 Å². The Hall–Kier alpha value is -0.630. The minimum Gasteiger partial charge on any atom is -0.335 e. The summed E-state index contributed by atoms with van der Waals surface area (Å²) in [6, 6.07) is -0.0432. The summed E-state index contributed by atoms with van der Waals surface area (Å²) in [4.78, 5) is 6.29. The van der Waals surface area contributed by atoms with Crippen LogP contribution in [0.5, 0.6) is 0 Å².